The quantitative estimate of drug-likeness (QED) is 0.475. The van der Waals surface area contributed by atoms with Gasteiger partial charge in [-0.2, -0.15) is 4.98 Å². The minimum Gasteiger partial charge on any atom is -0.477 e. The summed E-state index contributed by atoms with van der Waals surface area (Å²) in [5.41, 5.74) is 2.12. The summed E-state index contributed by atoms with van der Waals surface area (Å²) in [6.45, 7) is 0.520. The largest absolute Gasteiger partial charge is 0.477 e. The lowest BCUT2D eigenvalue weighted by molar-refractivity contribution is 0.0690. The lowest BCUT2D eigenvalue weighted by Crippen LogP contribution is -1.99. The summed E-state index contributed by atoms with van der Waals surface area (Å²) >= 11 is 5.98. The summed E-state index contributed by atoms with van der Waals surface area (Å²) in [4.78, 5) is 19.2. The minimum absolute atomic E-state index is 0.0919. The van der Waals surface area contributed by atoms with Gasteiger partial charge in [0.2, 0.25) is 0 Å². The second kappa shape index (κ2) is 7.58. The Morgan fingerprint density at radius 1 is 1.14 bits per heavy atom. The number of carboxylic acid groups (broad SMARTS) is 1. The minimum atomic E-state index is -1.12. The maximum Gasteiger partial charge on any atom is 0.354 e. The third-order valence-electron chi connectivity index (χ3n) is 3.88. The first-order chi connectivity index (χ1) is 13.6. The van der Waals surface area contributed by atoms with E-state index >= 15 is 0 Å². The van der Waals surface area contributed by atoms with Crippen molar-refractivity contribution in [1.29, 1.82) is 0 Å². The van der Waals surface area contributed by atoms with Gasteiger partial charge >= 0.3 is 5.97 Å². The zero-order valence-electron chi connectivity index (χ0n) is 14.4. The molecule has 4 rings (SSSR count). The van der Waals surface area contributed by atoms with E-state index < -0.39 is 5.97 Å². The fourth-order valence-electron chi connectivity index (χ4n) is 2.60. The van der Waals surface area contributed by atoms with Crippen molar-refractivity contribution in [1.82, 2.24) is 9.97 Å². The second-order valence-electron chi connectivity index (χ2n) is 5.92. The van der Waals surface area contributed by atoms with Gasteiger partial charge in [-0.05, 0) is 35.9 Å². The second-order valence-corrected chi connectivity index (χ2v) is 6.35. The Kier molecular flexibility index (Phi) is 4.82. The molecule has 140 valence electrons. The molecular formula is C20H14ClN3O4. The van der Waals surface area contributed by atoms with Crippen molar-refractivity contribution in [2.24, 2.45) is 0 Å². The van der Waals surface area contributed by atoms with Crippen LogP contribution < -0.4 is 10.1 Å². The third-order valence-corrected chi connectivity index (χ3v) is 4.11. The van der Waals surface area contributed by atoms with Crippen LogP contribution in [-0.2, 0) is 6.54 Å². The number of nitrogens with one attached hydrogen (secondary N) is 1. The summed E-state index contributed by atoms with van der Waals surface area (Å²) in [7, 11) is 0. The number of halogens is 1. The number of nitrogens with zero attached hydrogens (tertiary/aromatic N) is 2. The number of ether oxygens (including phenoxy) is 1. The Hall–Kier alpha value is -3.58. The number of hydrogen-bond acceptors (Lipinski definition) is 6. The molecule has 28 heavy (non-hydrogen) atoms. The summed E-state index contributed by atoms with van der Waals surface area (Å²) in [5, 5.41) is 12.8. The van der Waals surface area contributed by atoms with Gasteiger partial charge in [-0.3, -0.25) is 0 Å². The summed E-state index contributed by atoms with van der Waals surface area (Å²) < 4.78 is 11.4. The molecule has 8 heteroatoms. The molecule has 0 radical (unpaired) electrons. The number of aromatic nitrogens is 2. The van der Waals surface area contributed by atoms with Crippen molar-refractivity contribution in [3.8, 4) is 11.5 Å². The van der Waals surface area contributed by atoms with E-state index in [0.717, 1.165) is 5.56 Å². The van der Waals surface area contributed by atoms with Crippen LogP contribution in [0.5, 0.6) is 11.5 Å². The fourth-order valence-corrected chi connectivity index (χ4v) is 2.81. The number of carbonyl (C=O) groups is 1. The first-order valence-corrected chi connectivity index (χ1v) is 8.71. The maximum atomic E-state index is 11.0. The van der Waals surface area contributed by atoms with Crippen LogP contribution in [0.1, 0.15) is 16.1 Å². The SMILES string of the molecule is O=C(O)c1cc(Oc2ccc3nc(NCc4cccc(Cl)c4)oc3c2)ccn1. The molecule has 0 unspecified atom stereocenters. The first kappa shape index (κ1) is 17.8. The molecule has 0 saturated heterocycles. The highest BCUT2D eigenvalue weighted by Gasteiger charge is 2.10. The van der Waals surface area contributed by atoms with E-state index in [1.807, 2.05) is 24.3 Å². The van der Waals surface area contributed by atoms with Crippen molar-refractivity contribution in [2.45, 2.75) is 6.54 Å². The first-order valence-electron chi connectivity index (χ1n) is 8.33. The van der Waals surface area contributed by atoms with Gasteiger partial charge in [0.25, 0.3) is 6.01 Å². The van der Waals surface area contributed by atoms with Crippen molar-refractivity contribution >= 4 is 34.7 Å². The van der Waals surface area contributed by atoms with Crippen molar-refractivity contribution in [2.75, 3.05) is 5.32 Å². The zero-order valence-corrected chi connectivity index (χ0v) is 15.2. The van der Waals surface area contributed by atoms with Crippen LogP contribution in [0.4, 0.5) is 6.01 Å². The lowest BCUT2D eigenvalue weighted by Gasteiger charge is -2.05. The maximum absolute atomic E-state index is 11.0. The molecule has 4 aromatic rings. The van der Waals surface area contributed by atoms with E-state index in [9.17, 15) is 4.79 Å². The number of anilines is 1. The van der Waals surface area contributed by atoms with Gasteiger partial charge in [0, 0.05) is 29.9 Å². The van der Waals surface area contributed by atoms with E-state index in [1.54, 1.807) is 24.3 Å². The summed E-state index contributed by atoms with van der Waals surface area (Å²) in [6.07, 6.45) is 1.38. The third kappa shape index (κ3) is 4.05. The smallest absolute Gasteiger partial charge is 0.354 e. The Morgan fingerprint density at radius 2 is 2.00 bits per heavy atom. The topological polar surface area (TPSA) is 97.5 Å². The van der Waals surface area contributed by atoms with Crippen LogP contribution in [0, 0.1) is 0 Å². The van der Waals surface area contributed by atoms with Crippen LogP contribution in [0.15, 0.2) is 65.2 Å². The highest BCUT2D eigenvalue weighted by Crippen LogP contribution is 2.27. The van der Waals surface area contributed by atoms with E-state index in [1.165, 1.54) is 12.3 Å². The molecule has 0 spiro atoms. The zero-order chi connectivity index (χ0) is 19.5. The molecule has 0 aliphatic rings. The van der Waals surface area contributed by atoms with Crippen LogP contribution >= 0.6 is 11.6 Å². The Labute approximate surface area is 164 Å². The monoisotopic (exact) mass is 395 g/mol. The molecule has 2 aromatic heterocycles. The Balaban J connectivity index is 1.50. The standard InChI is InChI=1S/C20H14ClN3O4/c21-13-3-1-2-12(8-13)11-23-20-24-16-5-4-14(10-18(16)28-20)27-15-6-7-22-17(9-15)19(25)26/h1-10H,11H2,(H,23,24)(H,25,26). The number of rotatable bonds is 6. The Morgan fingerprint density at radius 3 is 2.82 bits per heavy atom. The average molecular weight is 396 g/mol. The highest BCUT2D eigenvalue weighted by molar-refractivity contribution is 6.30. The molecule has 2 heterocycles. The van der Waals surface area contributed by atoms with Gasteiger partial charge in [-0.1, -0.05) is 23.7 Å². The molecule has 7 nitrogen and oxygen atoms in total. The van der Waals surface area contributed by atoms with Crippen LogP contribution in [0.3, 0.4) is 0 Å². The average Bonchev–Trinajstić information content (AvgIpc) is 3.09. The van der Waals surface area contributed by atoms with Gasteiger partial charge < -0.3 is 19.6 Å². The van der Waals surface area contributed by atoms with Gasteiger partial charge in [0.1, 0.15) is 17.0 Å². The normalized spacial score (nSPS) is 10.8. The van der Waals surface area contributed by atoms with E-state index in [0.29, 0.717) is 40.2 Å². The van der Waals surface area contributed by atoms with Crippen molar-refractivity contribution in [3.05, 3.63) is 77.1 Å². The summed E-state index contributed by atoms with van der Waals surface area (Å²) in [5.74, 6) is -0.260. The number of pyridine rings is 1. The molecule has 0 fully saturated rings. The molecule has 0 amide bonds. The van der Waals surface area contributed by atoms with Crippen LogP contribution in [-0.4, -0.2) is 21.0 Å². The van der Waals surface area contributed by atoms with Crippen molar-refractivity contribution in [3.63, 3.8) is 0 Å². The molecule has 0 aliphatic heterocycles. The lowest BCUT2D eigenvalue weighted by atomic mass is 10.2. The fraction of sp³-hybridized carbons (Fsp3) is 0.0500. The van der Waals surface area contributed by atoms with Gasteiger partial charge in [0.05, 0.1) is 0 Å². The number of aromatic carboxylic acids is 1. The molecule has 0 aliphatic carbocycles. The molecule has 0 atom stereocenters. The predicted molar refractivity (Wildman–Crippen MR) is 104 cm³/mol. The number of hydrogen-bond donors (Lipinski definition) is 2. The number of fused-ring (bicyclic) bond motifs is 1. The number of carboxylic acids is 1. The van der Waals surface area contributed by atoms with Gasteiger partial charge in [-0.25, -0.2) is 9.78 Å². The highest BCUT2D eigenvalue weighted by atomic mass is 35.5. The molecule has 0 saturated carbocycles. The summed E-state index contributed by atoms with van der Waals surface area (Å²) in [6, 6.07) is 16.0. The van der Waals surface area contributed by atoms with E-state index in [2.05, 4.69) is 15.3 Å². The molecule has 2 aromatic carbocycles. The molecular weight excluding hydrogens is 382 g/mol. The predicted octanol–water partition coefficient (Wildman–Crippen LogP) is 4.98. The van der Waals surface area contributed by atoms with Gasteiger partial charge in [-0.15, -0.1) is 0 Å². The number of oxazole rings is 1. The van der Waals surface area contributed by atoms with Gasteiger partial charge in [0.15, 0.2) is 11.3 Å². The van der Waals surface area contributed by atoms with E-state index in [4.69, 9.17) is 25.9 Å². The molecule has 2 N–H and O–H groups in total. The molecule has 0 bridgehead atoms. The van der Waals surface area contributed by atoms with Crippen molar-refractivity contribution < 1.29 is 19.1 Å². The Bertz CT molecular complexity index is 1160. The van der Waals surface area contributed by atoms with E-state index in [-0.39, 0.29) is 5.69 Å². The number of benzene rings is 2. The van der Waals surface area contributed by atoms with Crippen LogP contribution in [0.25, 0.3) is 11.1 Å². The van der Waals surface area contributed by atoms with Crippen LogP contribution in [0.2, 0.25) is 5.02 Å².